The first kappa shape index (κ1) is 15.5. The summed E-state index contributed by atoms with van der Waals surface area (Å²) in [6.45, 7) is 4.85. The highest BCUT2D eigenvalue weighted by Gasteiger charge is 2.24. The molecule has 0 aromatic rings. The van der Waals surface area contributed by atoms with Crippen molar-refractivity contribution in [2.45, 2.75) is 24.6 Å². The van der Waals surface area contributed by atoms with Crippen LogP contribution < -0.4 is 5.32 Å². The Kier molecular flexibility index (Phi) is 7.07. The lowest BCUT2D eigenvalue weighted by atomic mass is 10.2. The minimum absolute atomic E-state index is 0. The van der Waals surface area contributed by atoms with Crippen LogP contribution in [0.3, 0.4) is 0 Å². The third-order valence-corrected chi connectivity index (χ3v) is 5.85. The molecule has 17 heavy (non-hydrogen) atoms. The third-order valence-electron chi connectivity index (χ3n) is 3.01. The summed E-state index contributed by atoms with van der Waals surface area (Å²) in [5.74, 6) is 3.96. The number of thioether (sulfide) groups is 2. The number of hydrogen-bond acceptors (Lipinski definition) is 4. The number of nitrogens with zero attached hydrogens (tertiary/aromatic N) is 1. The number of amides is 1. The standard InChI is InChI=1S/C11H20N2OS2.ClH/c1-9-7-13(3-2-12-9)11(14)6-10-8-15-4-5-16-10;/h9-10,12H,2-8H2,1H3;1H/t9-,10?;/m1./s1. The van der Waals surface area contributed by atoms with Gasteiger partial charge in [-0.05, 0) is 6.92 Å². The van der Waals surface area contributed by atoms with E-state index >= 15 is 0 Å². The minimum atomic E-state index is 0. The zero-order chi connectivity index (χ0) is 11.4. The average Bonchev–Trinajstić information content (AvgIpc) is 2.30. The molecular weight excluding hydrogens is 276 g/mol. The van der Waals surface area contributed by atoms with Crippen LogP contribution in [0, 0.1) is 0 Å². The fraction of sp³-hybridized carbons (Fsp3) is 0.909. The van der Waals surface area contributed by atoms with Gasteiger partial charge in [0.2, 0.25) is 5.91 Å². The van der Waals surface area contributed by atoms with Gasteiger partial charge in [-0.3, -0.25) is 4.79 Å². The van der Waals surface area contributed by atoms with Crippen LogP contribution in [0.15, 0.2) is 0 Å². The Morgan fingerprint density at radius 1 is 1.47 bits per heavy atom. The normalized spacial score (nSPS) is 29.6. The van der Waals surface area contributed by atoms with Crippen molar-refractivity contribution in [3.05, 3.63) is 0 Å². The van der Waals surface area contributed by atoms with Gasteiger partial charge in [0.25, 0.3) is 0 Å². The quantitative estimate of drug-likeness (QED) is 0.836. The molecule has 0 radical (unpaired) electrons. The first-order valence-corrected chi connectivity index (χ1v) is 8.16. The van der Waals surface area contributed by atoms with Crippen LogP contribution in [0.25, 0.3) is 0 Å². The first-order chi connectivity index (χ1) is 7.75. The van der Waals surface area contributed by atoms with E-state index in [1.807, 2.05) is 28.4 Å². The number of piperazine rings is 1. The Morgan fingerprint density at radius 3 is 2.94 bits per heavy atom. The van der Waals surface area contributed by atoms with Crippen molar-refractivity contribution >= 4 is 41.8 Å². The number of halogens is 1. The van der Waals surface area contributed by atoms with Gasteiger partial charge in [0.1, 0.15) is 0 Å². The maximum absolute atomic E-state index is 12.1. The smallest absolute Gasteiger partial charge is 0.223 e. The van der Waals surface area contributed by atoms with Crippen LogP contribution >= 0.6 is 35.9 Å². The fourth-order valence-electron chi connectivity index (χ4n) is 2.14. The van der Waals surface area contributed by atoms with Gasteiger partial charge in [0.15, 0.2) is 0 Å². The van der Waals surface area contributed by atoms with E-state index in [0.717, 1.165) is 31.8 Å². The SMILES string of the molecule is C[C@@H]1CN(C(=O)CC2CSCCS2)CCN1.Cl. The summed E-state index contributed by atoms with van der Waals surface area (Å²) in [5.41, 5.74) is 0. The van der Waals surface area contributed by atoms with Gasteiger partial charge in [-0.15, -0.1) is 12.4 Å². The maximum atomic E-state index is 12.1. The molecule has 2 saturated heterocycles. The number of nitrogens with one attached hydrogen (secondary N) is 1. The molecule has 0 saturated carbocycles. The number of carbonyl (C=O) groups excluding carboxylic acids is 1. The van der Waals surface area contributed by atoms with E-state index < -0.39 is 0 Å². The maximum Gasteiger partial charge on any atom is 0.223 e. The van der Waals surface area contributed by atoms with Crippen LogP contribution in [0.5, 0.6) is 0 Å². The van der Waals surface area contributed by atoms with Crippen LogP contribution in [0.2, 0.25) is 0 Å². The van der Waals surface area contributed by atoms with Crippen LogP contribution in [0.1, 0.15) is 13.3 Å². The van der Waals surface area contributed by atoms with E-state index in [1.54, 1.807) is 0 Å². The number of hydrogen-bond donors (Lipinski definition) is 1. The zero-order valence-corrected chi connectivity index (χ0v) is 12.6. The minimum Gasteiger partial charge on any atom is -0.340 e. The summed E-state index contributed by atoms with van der Waals surface area (Å²) >= 11 is 3.96. The topological polar surface area (TPSA) is 32.3 Å². The summed E-state index contributed by atoms with van der Waals surface area (Å²) in [5, 5.41) is 3.92. The molecule has 1 unspecified atom stereocenters. The molecule has 0 aliphatic carbocycles. The Bertz CT molecular complexity index is 250. The second-order valence-corrected chi connectivity index (χ2v) is 7.02. The first-order valence-electron chi connectivity index (χ1n) is 5.96. The molecule has 0 bridgehead atoms. The molecule has 0 spiro atoms. The van der Waals surface area contributed by atoms with Crippen LogP contribution in [-0.2, 0) is 4.79 Å². The predicted octanol–water partition coefficient (Wildman–Crippen LogP) is 1.47. The molecule has 2 rings (SSSR count). The lowest BCUT2D eigenvalue weighted by molar-refractivity contribution is -0.132. The molecule has 2 fully saturated rings. The van der Waals surface area contributed by atoms with E-state index in [2.05, 4.69) is 12.2 Å². The monoisotopic (exact) mass is 296 g/mol. The van der Waals surface area contributed by atoms with Gasteiger partial charge in [-0.25, -0.2) is 0 Å². The highest BCUT2D eigenvalue weighted by atomic mass is 35.5. The molecule has 100 valence electrons. The average molecular weight is 297 g/mol. The molecule has 1 amide bonds. The third kappa shape index (κ3) is 4.89. The van der Waals surface area contributed by atoms with Crippen LogP contribution in [0.4, 0.5) is 0 Å². The van der Waals surface area contributed by atoms with Gasteiger partial charge in [0.05, 0.1) is 0 Å². The summed E-state index contributed by atoms with van der Waals surface area (Å²) in [7, 11) is 0. The summed E-state index contributed by atoms with van der Waals surface area (Å²) in [6.07, 6.45) is 0.740. The zero-order valence-electron chi connectivity index (χ0n) is 10.2. The summed E-state index contributed by atoms with van der Waals surface area (Å²) in [6, 6.07) is 0.450. The lowest BCUT2D eigenvalue weighted by Gasteiger charge is -2.33. The van der Waals surface area contributed by atoms with E-state index in [-0.39, 0.29) is 12.4 Å². The fourth-order valence-corrected chi connectivity index (χ4v) is 4.81. The Balaban J connectivity index is 0.00000144. The lowest BCUT2D eigenvalue weighted by Crippen LogP contribution is -2.51. The summed E-state index contributed by atoms with van der Waals surface area (Å²) in [4.78, 5) is 14.1. The molecule has 2 atom stereocenters. The molecule has 2 heterocycles. The van der Waals surface area contributed by atoms with Gasteiger partial charge in [0, 0.05) is 54.6 Å². The van der Waals surface area contributed by atoms with Crippen molar-refractivity contribution < 1.29 is 4.79 Å². The van der Waals surface area contributed by atoms with Gasteiger partial charge in [-0.2, -0.15) is 23.5 Å². The molecule has 6 heteroatoms. The van der Waals surface area contributed by atoms with Crippen molar-refractivity contribution in [2.24, 2.45) is 0 Å². The molecular formula is C11H21ClN2OS2. The van der Waals surface area contributed by atoms with E-state index in [9.17, 15) is 4.79 Å². The van der Waals surface area contributed by atoms with Crippen molar-refractivity contribution in [1.29, 1.82) is 0 Å². The highest BCUT2D eigenvalue weighted by molar-refractivity contribution is 8.06. The number of carbonyl (C=O) groups is 1. The van der Waals surface area contributed by atoms with Gasteiger partial charge in [-0.1, -0.05) is 0 Å². The Morgan fingerprint density at radius 2 is 2.29 bits per heavy atom. The molecule has 2 aliphatic rings. The molecule has 0 aromatic heterocycles. The van der Waals surface area contributed by atoms with Gasteiger partial charge < -0.3 is 10.2 Å². The van der Waals surface area contributed by atoms with E-state index in [4.69, 9.17) is 0 Å². The van der Waals surface area contributed by atoms with E-state index in [1.165, 1.54) is 11.5 Å². The second kappa shape index (κ2) is 7.77. The van der Waals surface area contributed by atoms with Crippen molar-refractivity contribution in [1.82, 2.24) is 10.2 Å². The van der Waals surface area contributed by atoms with Crippen molar-refractivity contribution in [3.8, 4) is 0 Å². The van der Waals surface area contributed by atoms with E-state index in [0.29, 0.717) is 17.2 Å². The highest BCUT2D eigenvalue weighted by Crippen LogP contribution is 2.26. The molecule has 2 aliphatic heterocycles. The number of rotatable bonds is 2. The van der Waals surface area contributed by atoms with Gasteiger partial charge >= 0.3 is 0 Å². The second-order valence-electron chi connectivity index (χ2n) is 4.47. The molecule has 1 N–H and O–H groups in total. The Hall–Kier alpha value is 0.420. The van der Waals surface area contributed by atoms with Crippen LogP contribution in [-0.4, -0.2) is 59.0 Å². The Labute approximate surface area is 118 Å². The molecule has 3 nitrogen and oxygen atoms in total. The van der Waals surface area contributed by atoms with Crippen molar-refractivity contribution in [2.75, 3.05) is 36.9 Å². The largest absolute Gasteiger partial charge is 0.340 e. The predicted molar refractivity (Wildman–Crippen MR) is 79.5 cm³/mol. The van der Waals surface area contributed by atoms with Crippen molar-refractivity contribution in [3.63, 3.8) is 0 Å². The molecule has 0 aromatic carbocycles. The summed E-state index contributed by atoms with van der Waals surface area (Å²) < 4.78 is 0.